The van der Waals surface area contributed by atoms with Crippen molar-refractivity contribution in [3.63, 3.8) is 0 Å². The first kappa shape index (κ1) is 25.3. The Bertz CT molecular complexity index is 1360. The van der Waals surface area contributed by atoms with Crippen LogP contribution in [0.1, 0.15) is 45.1 Å². The molecule has 4 rings (SSSR count). The average Bonchev–Trinajstić information content (AvgIpc) is 2.85. The van der Waals surface area contributed by atoms with E-state index >= 15 is 0 Å². The molecule has 0 radical (unpaired) electrons. The number of nitrogens with one attached hydrogen (secondary N) is 1. The minimum atomic E-state index is -0.610. The van der Waals surface area contributed by atoms with E-state index in [0.717, 1.165) is 25.3 Å². The molecule has 3 aromatic rings. The SMILES string of the molecule is CCCCc1cc(=O)oc2nc(O/N=C(/CCC)N3CCN(c4ccc(F)cc4F)CC3)[nH]c(=O)c12. The number of amidine groups is 1. The number of hydrogen-bond donors (Lipinski definition) is 1. The molecular weight excluding hydrogens is 472 g/mol. The molecular formula is C25H29F2N5O4. The zero-order chi connectivity index (χ0) is 25.7. The van der Waals surface area contributed by atoms with Crippen LogP contribution in [0.4, 0.5) is 14.5 Å². The van der Waals surface area contributed by atoms with Crippen molar-refractivity contribution < 1.29 is 18.0 Å². The number of H-pyrrole nitrogens is 1. The van der Waals surface area contributed by atoms with Gasteiger partial charge in [0.2, 0.25) is 5.71 Å². The number of unbranched alkanes of at least 4 members (excludes halogenated alkanes) is 1. The quantitative estimate of drug-likeness (QED) is 0.284. The van der Waals surface area contributed by atoms with Crippen molar-refractivity contribution in [1.29, 1.82) is 0 Å². The van der Waals surface area contributed by atoms with Crippen LogP contribution in [0.25, 0.3) is 11.1 Å². The lowest BCUT2D eigenvalue weighted by Gasteiger charge is -2.37. The third-order valence-corrected chi connectivity index (χ3v) is 6.08. The molecule has 11 heteroatoms. The highest BCUT2D eigenvalue weighted by Crippen LogP contribution is 2.22. The summed E-state index contributed by atoms with van der Waals surface area (Å²) in [7, 11) is 0. The number of piperazine rings is 1. The number of aryl methyl sites for hydroxylation is 1. The van der Waals surface area contributed by atoms with Crippen LogP contribution < -0.4 is 20.9 Å². The smallest absolute Gasteiger partial charge is 0.337 e. The second-order valence-corrected chi connectivity index (χ2v) is 8.66. The Hall–Kier alpha value is -3.76. The lowest BCUT2D eigenvalue weighted by Crippen LogP contribution is -2.49. The van der Waals surface area contributed by atoms with Crippen molar-refractivity contribution in [3.05, 3.63) is 62.2 Å². The Kier molecular flexibility index (Phi) is 7.97. The maximum absolute atomic E-state index is 14.2. The van der Waals surface area contributed by atoms with E-state index in [-0.39, 0.29) is 17.1 Å². The Labute approximate surface area is 206 Å². The van der Waals surface area contributed by atoms with Crippen LogP contribution in [0.5, 0.6) is 6.01 Å². The number of halogens is 2. The first-order valence-electron chi connectivity index (χ1n) is 12.2. The highest BCUT2D eigenvalue weighted by Gasteiger charge is 2.22. The Balaban J connectivity index is 1.51. The molecule has 0 amide bonds. The van der Waals surface area contributed by atoms with E-state index < -0.39 is 22.8 Å². The highest BCUT2D eigenvalue weighted by atomic mass is 19.1. The Morgan fingerprint density at radius 1 is 1.14 bits per heavy atom. The standard InChI is InChI=1S/C25H29F2N5O4/c1-3-5-7-16-14-21(33)35-24-22(16)23(34)28-25(29-24)36-30-20(6-4-2)32-12-10-31(11-13-32)19-9-8-17(26)15-18(19)27/h8-9,14-15H,3-7,10-13H2,1-2H3,(H,28,29,34)/b30-20-. The van der Waals surface area contributed by atoms with Gasteiger partial charge >= 0.3 is 11.6 Å². The fourth-order valence-corrected chi connectivity index (χ4v) is 4.26. The number of anilines is 1. The molecule has 0 saturated carbocycles. The minimum Gasteiger partial charge on any atom is -0.403 e. The summed E-state index contributed by atoms with van der Waals surface area (Å²) >= 11 is 0. The van der Waals surface area contributed by atoms with Gasteiger partial charge in [0.15, 0.2) is 0 Å². The zero-order valence-electron chi connectivity index (χ0n) is 20.4. The van der Waals surface area contributed by atoms with E-state index in [0.29, 0.717) is 56.1 Å². The predicted octanol–water partition coefficient (Wildman–Crippen LogP) is 3.81. The lowest BCUT2D eigenvalue weighted by molar-refractivity contribution is 0.288. The van der Waals surface area contributed by atoms with Crippen LogP contribution in [0.15, 0.2) is 43.4 Å². The third kappa shape index (κ3) is 5.72. The monoisotopic (exact) mass is 501 g/mol. The van der Waals surface area contributed by atoms with Gasteiger partial charge < -0.3 is 19.1 Å². The molecule has 0 bridgehead atoms. The van der Waals surface area contributed by atoms with Crippen LogP contribution in [0.3, 0.4) is 0 Å². The van der Waals surface area contributed by atoms with Crippen molar-refractivity contribution in [1.82, 2.24) is 14.9 Å². The molecule has 1 fully saturated rings. The molecule has 36 heavy (non-hydrogen) atoms. The largest absolute Gasteiger partial charge is 0.403 e. The van der Waals surface area contributed by atoms with Crippen molar-refractivity contribution in [3.8, 4) is 6.01 Å². The maximum Gasteiger partial charge on any atom is 0.337 e. The first-order chi connectivity index (χ1) is 17.4. The number of nitrogens with zero attached hydrogens (tertiary/aromatic N) is 4. The van der Waals surface area contributed by atoms with Gasteiger partial charge in [-0.3, -0.25) is 9.78 Å². The van der Waals surface area contributed by atoms with Gasteiger partial charge in [-0.05, 0) is 37.0 Å². The number of aromatic amines is 1. The molecule has 0 atom stereocenters. The molecule has 0 aliphatic carbocycles. The van der Waals surface area contributed by atoms with Crippen molar-refractivity contribution in [2.75, 3.05) is 31.1 Å². The summed E-state index contributed by atoms with van der Waals surface area (Å²) < 4.78 is 32.6. The number of hydrogen-bond acceptors (Lipinski definition) is 7. The molecule has 3 heterocycles. The molecule has 2 aromatic heterocycles. The van der Waals surface area contributed by atoms with E-state index in [9.17, 15) is 18.4 Å². The Morgan fingerprint density at radius 2 is 1.92 bits per heavy atom. The fraction of sp³-hybridized carbons (Fsp3) is 0.440. The van der Waals surface area contributed by atoms with Gasteiger partial charge in [0.25, 0.3) is 5.56 Å². The number of rotatable bonds is 8. The van der Waals surface area contributed by atoms with E-state index in [4.69, 9.17) is 9.25 Å². The van der Waals surface area contributed by atoms with Crippen molar-refractivity contribution in [2.45, 2.75) is 46.0 Å². The summed E-state index contributed by atoms with van der Waals surface area (Å²) in [4.78, 5) is 40.8. The van der Waals surface area contributed by atoms with Crippen molar-refractivity contribution in [2.24, 2.45) is 5.16 Å². The van der Waals surface area contributed by atoms with E-state index in [1.54, 1.807) is 0 Å². The summed E-state index contributed by atoms with van der Waals surface area (Å²) in [5.74, 6) is -0.552. The van der Waals surface area contributed by atoms with Gasteiger partial charge in [0.1, 0.15) is 22.9 Å². The molecule has 0 spiro atoms. The topological polar surface area (TPSA) is 104 Å². The third-order valence-electron chi connectivity index (χ3n) is 6.08. The van der Waals surface area contributed by atoms with Gasteiger partial charge in [-0.15, -0.1) is 0 Å². The number of aromatic nitrogens is 2. The highest BCUT2D eigenvalue weighted by molar-refractivity contribution is 5.82. The van der Waals surface area contributed by atoms with Crippen LogP contribution in [-0.4, -0.2) is 46.9 Å². The van der Waals surface area contributed by atoms with E-state index in [1.165, 1.54) is 18.2 Å². The number of benzene rings is 1. The maximum atomic E-state index is 14.2. The molecule has 1 N–H and O–H groups in total. The summed E-state index contributed by atoms with van der Waals surface area (Å²) in [6.07, 6.45) is 3.71. The fourth-order valence-electron chi connectivity index (χ4n) is 4.26. The van der Waals surface area contributed by atoms with Crippen LogP contribution in [0.2, 0.25) is 0 Å². The number of oxime groups is 1. The Morgan fingerprint density at radius 3 is 2.61 bits per heavy atom. The van der Waals surface area contributed by atoms with Gasteiger partial charge in [-0.25, -0.2) is 13.6 Å². The van der Waals surface area contributed by atoms with Gasteiger partial charge in [-0.2, -0.15) is 4.98 Å². The van der Waals surface area contributed by atoms with Crippen molar-refractivity contribution >= 4 is 22.6 Å². The lowest BCUT2D eigenvalue weighted by atomic mass is 10.1. The van der Waals surface area contributed by atoms with E-state index in [2.05, 4.69) is 15.1 Å². The molecule has 1 aromatic carbocycles. The summed E-state index contributed by atoms with van der Waals surface area (Å²) in [5.41, 5.74) is -0.182. The predicted molar refractivity (Wildman–Crippen MR) is 133 cm³/mol. The minimum absolute atomic E-state index is 0.0884. The van der Waals surface area contributed by atoms with E-state index in [1.807, 2.05) is 23.6 Å². The second kappa shape index (κ2) is 11.3. The zero-order valence-corrected chi connectivity index (χ0v) is 20.4. The molecule has 0 unspecified atom stereocenters. The average molecular weight is 502 g/mol. The van der Waals surface area contributed by atoms with Gasteiger partial charge in [-0.1, -0.05) is 25.4 Å². The summed E-state index contributed by atoms with van der Waals surface area (Å²) in [6.45, 7) is 6.16. The molecule has 192 valence electrons. The molecule has 1 aliphatic heterocycles. The van der Waals surface area contributed by atoms with Gasteiger partial charge in [0, 0.05) is 44.7 Å². The van der Waals surface area contributed by atoms with Crippen LogP contribution in [0, 0.1) is 11.6 Å². The van der Waals surface area contributed by atoms with Gasteiger partial charge in [0.05, 0.1) is 5.69 Å². The van der Waals surface area contributed by atoms with Crippen LogP contribution >= 0.6 is 0 Å². The molecule has 1 aliphatic rings. The molecule has 9 nitrogen and oxygen atoms in total. The normalized spacial score (nSPS) is 14.5. The first-order valence-corrected chi connectivity index (χ1v) is 12.2. The summed E-state index contributed by atoms with van der Waals surface area (Å²) in [6, 6.07) is 4.72. The molecule has 1 saturated heterocycles. The van der Waals surface area contributed by atoms with Crippen LogP contribution in [-0.2, 0) is 6.42 Å². The number of fused-ring (bicyclic) bond motifs is 1. The summed E-state index contributed by atoms with van der Waals surface area (Å²) in [5, 5.41) is 4.46. The second-order valence-electron chi connectivity index (χ2n) is 8.66.